The van der Waals surface area contributed by atoms with Crippen molar-refractivity contribution in [3.05, 3.63) is 60.1 Å². The number of benzene rings is 2. The van der Waals surface area contributed by atoms with Crippen molar-refractivity contribution in [3.63, 3.8) is 0 Å². The zero-order chi connectivity index (χ0) is 21.5. The molecule has 30 heavy (non-hydrogen) atoms. The maximum atomic E-state index is 10.3. The highest BCUT2D eigenvalue weighted by atomic mass is 16.5. The maximum Gasteiger partial charge on any atom is 0.229 e. The van der Waals surface area contributed by atoms with Crippen LogP contribution in [0.5, 0.6) is 17.2 Å². The lowest BCUT2D eigenvalue weighted by atomic mass is 10.1. The fourth-order valence-corrected chi connectivity index (χ4v) is 3.11. The van der Waals surface area contributed by atoms with Crippen LogP contribution in [0.3, 0.4) is 0 Å². The molecule has 2 aromatic carbocycles. The number of fused-ring (bicyclic) bond motifs is 1. The second kappa shape index (κ2) is 9.92. The van der Waals surface area contributed by atoms with Crippen molar-refractivity contribution in [1.82, 2.24) is 9.88 Å². The second-order valence-corrected chi connectivity index (χ2v) is 6.88. The summed E-state index contributed by atoms with van der Waals surface area (Å²) >= 11 is 0. The number of nitrogens with two attached hydrogens (primary N) is 1. The summed E-state index contributed by atoms with van der Waals surface area (Å²) in [5.74, 6) is 1.62. The molecule has 0 saturated heterocycles. The Morgan fingerprint density at radius 3 is 2.53 bits per heavy atom. The summed E-state index contributed by atoms with van der Waals surface area (Å²) in [6, 6.07) is 12.3. The van der Waals surface area contributed by atoms with E-state index in [1.54, 1.807) is 48.7 Å². The number of anilines is 1. The largest absolute Gasteiger partial charge is 0.502 e. The molecular formula is C23H26N4O3. The number of nitrogens with zero attached hydrogens (tertiary/aromatic N) is 3. The lowest BCUT2D eigenvalue weighted by molar-refractivity contribution is 0.0720. The van der Waals surface area contributed by atoms with Crippen LogP contribution in [0.1, 0.15) is 13.8 Å². The number of pyridine rings is 1. The predicted molar refractivity (Wildman–Crippen MR) is 118 cm³/mol. The normalized spacial score (nSPS) is 12.0. The highest BCUT2D eigenvalue weighted by Gasteiger charge is 2.14. The van der Waals surface area contributed by atoms with Gasteiger partial charge in [0.1, 0.15) is 30.0 Å². The number of aliphatic hydroxyl groups is 1. The van der Waals surface area contributed by atoms with Crippen LogP contribution in [0.25, 0.3) is 15.7 Å². The van der Waals surface area contributed by atoms with Gasteiger partial charge in [-0.05, 0) is 55.6 Å². The van der Waals surface area contributed by atoms with Gasteiger partial charge in [-0.25, -0.2) is 4.85 Å². The van der Waals surface area contributed by atoms with Gasteiger partial charge in [-0.15, -0.1) is 0 Å². The van der Waals surface area contributed by atoms with Gasteiger partial charge in [0.15, 0.2) is 0 Å². The van der Waals surface area contributed by atoms with E-state index in [0.717, 1.165) is 13.1 Å². The summed E-state index contributed by atoms with van der Waals surface area (Å²) < 4.78 is 11.7. The maximum absolute atomic E-state index is 10.3. The van der Waals surface area contributed by atoms with Gasteiger partial charge in [-0.1, -0.05) is 13.8 Å². The third-order valence-electron chi connectivity index (χ3n) is 4.81. The second-order valence-electron chi connectivity index (χ2n) is 6.88. The van der Waals surface area contributed by atoms with E-state index < -0.39 is 6.10 Å². The summed E-state index contributed by atoms with van der Waals surface area (Å²) in [7, 11) is 0. The van der Waals surface area contributed by atoms with Crippen LogP contribution >= 0.6 is 0 Å². The molecule has 0 aliphatic carbocycles. The van der Waals surface area contributed by atoms with Gasteiger partial charge in [-0.2, -0.15) is 0 Å². The number of aliphatic hydroxyl groups excluding tert-OH is 1. The standard InChI is InChI=1S/C23H26N4O3/c1-4-27(5-2)14-17(28)15-29-23-13-20-19(12-21(23)25-3)22(10-11-26-20)30-18-8-6-16(24)7-9-18/h6-13,17,28H,4-5,14-15,24H2,1-2H3/t17-/m1/s1. The van der Waals surface area contributed by atoms with E-state index in [-0.39, 0.29) is 6.61 Å². The molecule has 7 nitrogen and oxygen atoms in total. The van der Waals surface area contributed by atoms with Crippen LogP contribution in [0.2, 0.25) is 0 Å². The molecule has 7 heteroatoms. The molecule has 0 amide bonds. The van der Waals surface area contributed by atoms with Crippen molar-refractivity contribution in [1.29, 1.82) is 0 Å². The first-order chi connectivity index (χ1) is 14.5. The summed E-state index contributed by atoms with van der Waals surface area (Å²) in [6.45, 7) is 14.0. The molecule has 3 N–H and O–H groups in total. The topological polar surface area (TPSA) is 85.2 Å². The lowest BCUT2D eigenvalue weighted by Crippen LogP contribution is -2.35. The zero-order valence-electron chi connectivity index (χ0n) is 17.2. The first-order valence-corrected chi connectivity index (χ1v) is 9.90. The van der Waals surface area contributed by atoms with E-state index in [0.29, 0.717) is 46.1 Å². The van der Waals surface area contributed by atoms with Crippen molar-refractivity contribution in [2.75, 3.05) is 32.0 Å². The highest BCUT2D eigenvalue weighted by molar-refractivity contribution is 5.91. The molecule has 0 fully saturated rings. The van der Waals surface area contributed by atoms with E-state index in [4.69, 9.17) is 21.8 Å². The minimum absolute atomic E-state index is 0.103. The molecule has 3 aromatic rings. The first-order valence-electron chi connectivity index (χ1n) is 9.90. The van der Waals surface area contributed by atoms with Gasteiger partial charge in [0, 0.05) is 23.8 Å². The Kier molecular flexibility index (Phi) is 7.07. The van der Waals surface area contributed by atoms with Crippen molar-refractivity contribution < 1.29 is 14.6 Å². The number of nitrogen functional groups attached to an aromatic ring is 1. The molecule has 0 radical (unpaired) electrons. The molecule has 0 saturated carbocycles. The van der Waals surface area contributed by atoms with Gasteiger partial charge < -0.3 is 25.2 Å². The predicted octanol–water partition coefficient (Wildman–Crippen LogP) is 4.24. The highest BCUT2D eigenvalue weighted by Crippen LogP contribution is 2.37. The summed E-state index contributed by atoms with van der Waals surface area (Å²) in [5, 5.41) is 11.0. The quantitative estimate of drug-likeness (QED) is 0.408. The molecule has 3 rings (SSSR count). The fraction of sp³-hybridized carbons (Fsp3) is 0.304. The van der Waals surface area contributed by atoms with Crippen LogP contribution < -0.4 is 15.2 Å². The molecule has 1 aromatic heterocycles. The van der Waals surface area contributed by atoms with Crippen LogP contribution in [0, 0.1) is 6.57 Å². The van der Waals surface area contributed by atoms with Crippen molar-refractivity contribution in [2.24, 2.45) is 0 Å². The van der Waals surface area contributed by atoms with Gasteiger partial charge in [0.25, 0.3) is 0 Å². The molecule has 0 unspecified atom stereocenters. The number of hydrogen-bond donors (Lipinski definition) is 2. The number of rotatable bonds is 9. The monoisotopic (exact) mass is 406 g/mol. The number of likely N-dealkylation sites (N-methyl/N-ethyl adjacent to an activating group) is 1. The Labute approximate surface area is 176 Å². The Balaban J connectivity index is 1.82. The smallest absolute Gasteiger partial charge is 0.229 e. The van der Waals surface area contributed by atoms with Crippen molar-refractivity contribution >= 4 is 22.3 Å². The molecular weight excluding hydrogens is 380 g/mol. The van der Waals surface area contributed by atoms with Crippen LogP contribution in [-0.4, -0.2) is 47.3 Å². The van der Waals surface area contributed by atoms with Gasteiger partial charge >= 0.3 is 0 Å². The molecule has 0 bridgehead atoms. The molecule has 1 atom stereocenters. The minimum atomic E-state index is -0.646. The molecule has 156 valence electrons. The molecule has 0 aliphatic heterocycles. The Hall–Kier alpha value is -3.34. The van der Waals surface area contributed by atoms with E-state index in [1.807, 2.05) is 13.8 Å². The third kappa shape index (κ3) is 5.17. The van der Waals surface area contributed by atoms with E-state index in [2.05, 4.69) is 14.7 Å². The van der Waals surface area contributed by atoms with Gasteiger partial charge in [0.2, 0.25) is 5.69 Å². The van der Waals surface area contributed by atoms with Crippen molar-refractivity contribution in [3.8, 4) is 17.2 Å². The van der Waals surface area contributed by atoms with E-state index in [9.17, 15) is 5.11 Å². The minimum Gasteiger partial charge on any atom is -0.502 e. The summed E-state index contributed by atoms with van der Waals surface area (Å²) in [4.78, 5) is 10.1. The Morgan fingerprint density at radius 2 is 1.87 bits per heavy atom. The van der Waals surface area contributed by atoms with Gasteiger partial charge in [-0.3, -0.25) is 4.98 Å². The van der Waals surface area contributed by atoms with E-state index >= 15 is 0 Å². The lowest BCUT2D eigenvalue weighted by Gasteiger charge is -2.22. The number of ether oxygens (including phenoxy) is 2. The summed E-state index contributed by atoms with van der Waals surface area (Å²) in [6.07, 6.45) is 0.998. The molecule has 0 spiro atoms. The Morgan fingerprint density at radius 1 is 1.13 bits per heavy atom. The fourth-order valence-electron chi connectivity index (χ4n) is 3.11. The van der Waals surface area contributed by atoms with E-state index in [1.165, 1.54) is 0 Å². The molecule has 1 heterocycles. The summed E-state index contributed by atoms with van der Waals surface area (Å²) in [5.41, 5.74) is 7.36. The Bertz CT molecular complexity index is 1030. The van der Waals surface area contributed by atoms with Gasteiger partial charge in [0.05, 0.1) is 12.1 Å². The zero-order valence-corrected chi connectivity index (χ0v) is 17.2. The van der Waals surface area contributed by atoms with Crippen LogP contribution in [0.15, 0.2) is 48.7 Å². The van der Waals surface area contributed by atoms with Crippen molar-refractivity contribution in [2.45, 2.75) is 20.0 Å². The number of hydrogen-bond acceptors (Lipinski definition) is 6. The first kappa shape index (κ1) is 21.4. The average Bonchev–Trinajstić information content (AvgIpc) is 2.77. The van der Waals surface area contributed by atoms with Crippen LogP contribution in [-0.2, 0) is 0 Å². The third-order valence-corrected chi connectivity index (χ3v) is 4.81. The number of aromatic nitrogens is 1. The SMILES string of the molecule is [C-]#[N+]c1cc2c(Oc3ccc(N)cc3)ccnc2cc1OC[C@H](O)CN(CC)CC. The molecule has 0 aliphatic rings. The average molecular weight is 406 g/mol. The van der Waals surface area contributed by atoms with Crippen LogP contribution in [0.4, 0.5) is 11.4 Å².